The van der Waals surface area contributed by atoms with Crippen LogP contribution in [0.1, 0.15) is 25.0 Å². The first-order valence-electron chi connectivity index (χ1n) is 6.56. The van der Waals surface area contributed by atoms with Gasteiger partial charge in [0.1, 0.15) is 17.6 Å². The molecule has 0 atom stereocenters. The highest BCUT2D eigenvalue weighted by molar-refractivity contribution is 6.39. The molecule has 0 fully saturated rings. The predicted molar refractivity (Wildman–Crippen MR) is 79.0 cm³/mol. The summed E-state index contributed by atoms with van der Waals surface area (Å²) in [7, 11) is 0. The lowest BCUT2D eigenvalue weighted by atomic mass is 10.1. The van der Waals surface area contributed by atoms with E-state index in [9.17, 15) is 18.4 Å². The van der Waals surface area contributed by atoms with Crippen LogP contribution in [0.3, 0.4) is 0 Å². The number of benzene rings is 1. The van der Waals surface area contributed by atoms with E-state index in [-0.39, 0.29) is 23.7 Å². The smallest absolute Gasteiger partial charge is 0.394 e. The Morgan fingerprint density at radius 2 is 1.96 bits per heavy atom. The molecule has 1 aromatic rings. The minimum atomic E-state index is -3.38. The van der Waals surface area contributed by atoms with Crippen molar-refractivity contribution in [2.24, 2.45) is 0 Å². The Kier molecular flexibility index (Phi) is 6.50. The average Bonchev–Trinajstić information content (AvgIpc) is 2.42. The lowest BCUT2D eigenvalue weighted by molar-refractivity contribution is -0.159. The summed E-state index contributed by atoms with van der Waals surface area (Å²) in [5.74, 6) is -2.41. The van der Waals surface area contributed by atoms with Gasteiger partial charge in [0, 0.05) is 18.6 Å². The standard InChI is InChI=1S/C15H15ClF2O5/c1-4-21-14(20)12(19)8-13(23-16)10-5-9(2)6-11(7-10)22-15(3,17)18/h5-8H,4H2,1-3H3/b13-8-. The monoisotopic (exact) mass is 348 g/mol. The summed E-state index contributed by atoms with van der Waals surface area (Å²) in [5, 5.41) is 0. The number of carbonyl (C=O) groups excluding carboxylic acids is 2. The second kappa shape index (κ2) is 7.92. The van der Waals surface area contributed by atoms with Gasteiger partial charge in [0.05, 0.1) is 6.61 Å². The number of ketones is 1. The molecule has 0 aliphatic heterocycles. The van der Waals surface area contributed by atoms with Gasteiger partial charge in [-0.2, -0.15) is 8.78 Å². The van der Waals surface area contributed by atoms with Crippen LogP contribution in [0.15, 0.2) is 24.3 Å². The first kappa shape index (κ1) is 18.9. The molecule has 0 spiro atoms. The normalized spacial score (nSPS) is 11.8. The zero-order chi connectivity index (χ0) is 17.6. The molecule has 0 heterocycles. The molecular formula is C15H15ClF2O5. The van der Waals surface area contributed by atoms with Gasteiger partial charge in [0.15, 0.2) is 5.76 Å². The van der Waals surface area contributed by atoms with Gasteiger partial charge in [-0.3, -0.25) is 4.79 Å². The van der Waals surface area contributed by atoms with Crippen molar-refractivity contribution in [2.75, 3.05) is 6.61 Å². The molecule has 0 radical (unpaired) electrons. The van der Waals surface area contributed by atoms with Crippen LogP contribution >= 0.6 is 11.9 Å². The van der Waals surface area contributed by atoms with E-state index in [1.807, 2.05) is 0 Å². The van der Waals surface area contributed by atoms with Crippen LogP contribution in [0.25, 0.3) is 5.76 Å². The molecule has 0 saturated carbocycles. The van der Waals surface area contributed by atoms with Crippen molar-refractivity contribution in [3.05, 3.63) is 35.4 Å². The minimum Gasteiger partial charge on any atom is -0.460 e. The summed E-state index contributed by atoms with van der Waals surface area (Å²) in [6.45, 7) is 3.80. The maximum absolute atomic E-state index is 12.9. The molecule has 0 N–H and O–H groups in total. The van der Waals surface area contributed by atoms with Crippen molar-refractivity contribution >= 4 is 29.4 Å². The number of hydrogen-bond donors (Lipinski definition) is 0. The van der Waals surface area contributed by atoms with E-state index in [0.29, 0.717) is 12.5 Å². The van der Waals surface area contributed by atoms with E-state index in [1.54, 1.807) is 13.8 Å². The molecule has 0 aromatic heterocycles. The zero-order valence-electron chi connectivity index (χ0n) is 12.7. The van der Waals surface area contributed by atoms with Gasteiger partial charge in [-0.05, 0) is 37.6 Å². The fraction of sp³-hybridized carbons (Fsp3) is 0.333. The highest BCUT2D eigenvalue weighted by Crippen LogP contribution is 2.28. The summed E-state index contributed by atoms with van der Waals surface area (Å²) >= 11 is 5.30. The topological polar surface area (TPSA) is 61.8 Å². The Hall–Kier alpha value is -2.15. The summed E-state index contributed by atoms with van der Waals surface area (Å²) in [6, 6.07) is 4.10. The molecule has 8 heteroatoms. The second-order valence-electron chi connectivity index (χ2n) is 4.62. The molecule has 0 aliphatic rings. The number of ether oxygens (including phenoxy) is 2. The fourth-order valence-electron chi connectivity index (χ4n) is 1.69. The second-order valence-corrected chi connectivity index (χ2v) is 4.77. The molecule has 0 aliphatic carbocycles. The number of aryl methyl sites for hydroxylation is 1. The van der Waals surface area contributed by atoms with Crippen LogP contribution in [-0.4, -0.2) is 24.5 Å². The average molecular weight is 349 g/mol. The van der Waals surface area contributed by atoms with Crippen molar-refractivity contribution in [1.82, 2.24) is 0 Å². The van der Waals surface area contributed by atoms with Gasteiger partial charge in [-0.25, -0.2) is 4.79 Å². The van der Waals surface area contributed by atoms with E-state index in [1.165, 1.54) is 18.2 Å². The highest BCUT2D eigenvalue weighted by atomic mass is 35.5. The Bertz CT molecular complexity index is 623. The van der Waals surface area contributed by atoms with Crippen LogP contribution in [0.4, 0.5) is 8.78 Å². The molecule has 1 rings (SSSR count). The Morgan fingerprint density at radius 1 is 1.30 bits per heavy atom. The molecule has 0 amide bonds. The van der Waals surface area contributed by atoms with Crippen molar-refractivity contribution in [3.8, 4) is 5.75 Å². The molecule has 0 saturated heterocycles. The van der Waals surface area contributed by atoms with E-state index in [0.717, 1.165) is 6.08 Å². The summed E-state index contributed by atoms with van der Waals surface area (Å²) in [4.78, 5) is 22.9. The number of rotatable bonds is 7. The van der Waals surface area contributed by atoms with Crippen LogP contribution in [0.2, 0.25) is 0 Å². The van der Waals surface area contributed by atoms with E-state index in [2.05, 4.69) is 13.8 Å². The van der Waals surface area contributed by atoms with Gasteiger partial charge < -0.3 is 13.8 Å². The van der Waals surface area contributed by atoms with Gasteiger partial charge in [0.25, 0.3) is 5.78 Å². The molecule has 1 aromatic carbocycles. The maximum atomic E-state index is 12.9. The summed E-state index contributed by atoms with van der Waals surface area (Å²) in [6.07, 6.45) is -2.56. The van der Waals surface area contributed by atoms with E-state index in [4.69, 9.17) is 11.9 Å². The number of esters is 1. The highest BCUT2D eigenvalue weighted by Gasteiger charge is 2.24. The van der Waals surface area contributed by atoms with Crippen LogP contribution < -0.4 is 4.74 Å². The molecule has 126 valence electrons. The largest absolute Gasteiger partial charge is 0.460 e. The van der Waals surface area contributed by atoms with Crippen molar-refractivity contribution in [3.63, 3.8) is 0 Å². The Morgan fingerprint density at radius 3 is 2.48 bits per heavy atom. The molecule has 0 bridgehead atoms. The number of halogens is 3. The van der Waals surface area contributed by atoms with Crippen LogP contribution in [0, 0.1) is 6.92 Å². The fourth-order valence-corrected chi connectivity index (χ4v) is 1.82. The summed E-state index contributed by atoms with van der Waals surface area (Å²) in [5.41, 5.74) is 0.752. The third-order valence-electron chi connectivity index (χ3n) is 2.45. The van der Waals surface area contributed by atoms with Crippen LogP contribution in [0.5, 0.6) is 5.75 Å². The lowest BCUT2D eigenvalue weighted by Gasteiger charge is -2.15. The Balaban J connectivity index is 3.15. The first-order chi connectivity index (χ1) is 10.7. The minimum absolute atomic E-state index is 0.0312. The van der Waals surface area contributed by atoms with Gasteiger partial charge in [-0.1, -0.05) is 0 Å². The van der Waals surface area contributed by atoms with Crippen LogP contribution in [-0.2, 0) is 18.6 Å². The Labute approximate surface area is 136 Å². The molecule has 5 nitrogen and oxygen atoms in total. The van der Waals surface area contributed by atoms with Gasteiger partial charge in [0.2, 0.25) is 0 Å². The SMILES string of the molecule is CCOC(=O)C(=O)/C=C(\OCl)c1cc(C)cc(OC(C)(F)F)c1. The van der Waals surface area contributed by atoms with Gasteiger partial charge in [-0.15, -0.1) is 0 Å². The third kappa shape index (κ3) is 6.23. The molecule has 23 heavy (non-hydrogen) atoms. The van der Waals surface area contributed by atoms with Crippen molar-refractivity contribution in [1.29, 1.82) is 0 Å². The number of carbonyl (C=O) groups is 2. The van der Waals surface area contributed by atoms with E-state index >= 15 is 0 Å². The van der Waals surface area contributed by atoms with E-state index < -0.39 is 17.9 Å². The molecular weight excluding hydrogens is 334 g/mol. The lowest BCUT2D eigenvalue weighted by Crippen LogP contribution is -2.19. The number of hydrogen-bond acceptors (Lipinski definition) is 5. The maximum Gasteiger partial charge on any atom is 0.394 e. The van der Waals surface area contributed by atoms with Crippen molar-refractivity contribution < 1.29 is 32.1 Å². The quantitative estimate of drug-likeness (QED) is 0.326. The van der Waals surface area contributed by atoms with Crippen molar-refractivity contribution in [2.45, 2.75) is 26.9 Å². The molecule has 0 unspecified atom stereocenters. The number of alkyl halides is 2. The third-order valence-corrected chi connectivity index (χ3v) is 2.62. The van der Waals surface area contributed by atoms with Gasteiger partial charge >= 0.3 is 12.1 Å². The first-order valence-corrected chi connectivity index (χ1v) is 6.87. The summed E-state index contributed by atoms with van der Waals surface area (Å²) < 4.78 is 39.4. The predicted octanol–water partition coefficient (Wildman–Crippen LogP) is 3.63. The zero-order valence-corrected chi connectivity index (χ0v) is 13.4.